The fraction of sp³-hybridized carbons (Fsp3) is 0.375. The summed E-state index contributed by atoms with van der Waals surface area (Å²) in [6, 6.07) is 3.40. The Labute approximate surface area is 214 Å². The van der Waals surface area contributed by atoms with Crippen molar-refractivity contribution in [1.29, 1.82) is 0 Å². The molecule has 1 saturated carbocycles. The number of fused-ring (bicyclic) bond motifs is 1. The van der Waals surface area contributed by atoms with Crippen molar-refractivity contribution in [3.63, 3.8) is 0 Å². The third kappa shape index (κ3) is 4.64. The van der Waals surface area contributed by atoms with Crippen LogP contribution in [-0.4, -0.2) is 45.2 Å². The zero-order chi connectivity index (χ0) is 25.6. The van der Waals surface area contributed by atoms with Crippen LogP contribution in [0.15, 0.2) is 24.5 Å². The van der Waals surface area contributed by atoms with Crippen molar-refractivity contribution in [2.45, 2.75) is 39.3 Å². The Morgan fingerprint density at radius 3 is 2.67 bits per heavy atom. The number of alkyl halides is 2. The Balaban J connectivity index is 1.30. The van der Waals surface area contributed by atoms with E-state index in [0.29, 0.717) is 52.0 Å². The molecule has 0 bridgehead atoms. The number of anilines is 1. The molecule has 0 atom stereocenters. The lowest BCUT2D eigenvalue weighted by Crippen LogP contribution is -2.41. The number of rotatable bonds is 6. The zero-order valence-electron chi connectivity index (χ0n) is 19.4. The molecule has 188 valence electrons. The Bertz CT molecular complexity index is 1320. The van der Waals surface area contributed by atoms with E-state index in [9.17, 15) is 18.4 Å². The molecule has 2 amide bonds. The summed E-state index contributed by atoms with van der Waals surface area (Å²) in [6.07, 6.45) is 1.07. The molecule has 1 fully saturated rings. The molecular weight excluding hydrogens is 512 g/mol. The molecule has 0 saturated heterocycles. The Hall–Kier alpha value is -3.18. The molecular formula is C24H22ClF2N5O3S. The van der Waals surface area contributed by atoms with E-state index in [2.05, 4.69) is 20.3 Å². The molecule has 3 aromatic rings. The number of hydrogen-bond acceptors (Lipinski definition) is 7. The van der Waals surface area contributed by atoms with Crippen molar-refractivity contribution < 1.29 is 23.1 Å². The number of hydrogen-bond donors (Lipinski definition) is 1. The van der Waals surface area contributed by atoms with Crippen molar-refractivity contribution in [2.75, 3.05) is 12.4 Å². The highest BCUT2D eigenvalue weighted by Crippen LogP contribution is 2.41. The SMILES string of the molecule is COc1cnc(Cl)cc1-c1cc(C)ncc1C(=O)Nc1nc2c(s1)CN(C(=O)[C@H]1C[C@H](C(F)F)C1)C2. The maximum absolute atomic E-state index is 13.2. The van der Waals surface area contributed by atoms with Crippen molar-refractivity contribution in [3.8, 4) is 16.9 Å². The molecule has 1 aliphatic heterocycles. The molecule has 36 heavy (non-hydrogen) atoms. The Morgan fingerprint density at radius 2 is 1.97 bits per heavy atom. The first-order valence-electron chi connectivity index (χ1n) is 11.3. The molecule has 0 spiro atoms. The molecule has 8 nitrogen and oxygen atoms in total. The van der Waals surface area contributed by atoms with Gasteiger partial charge in [0, 0.05) is 34.9 Å². The standard InChI is InChI=1S/C24H22ClF2N5O3S/c1-11-3-14(15-6-20(25)29-8-18(15)35-2)16(7-28-11)22(33)31-24-30-17-9-32(10-19(17)36-24)23(34)13-4-12(5-13)21(26)27/h3,6-8,12-13,21H,4-5,9-10H2,1-2H3,(H,30,31,33)/t12-,13-. The number of nitrogens with zero attached hydrogens (tertiary/aromatic N) is 4. The van der Waals surface area contributed by atoms with E-state index < -0.39 is 18.3 Å². The van der Waals surface area contributed by atoms with E-state index >= 15 is 0 Å². The summed E-state index contributed by atoms with van der Waals surface area (Å²) in [5, 5.41) is 3.49. The maximum atomic E-state index is 13.2. The van der Waals surface area contributed by atoms with Gasteiger partial charge in [0.15, 0.2) is 5.13 Å². The zero-order valence-corrected chi connectivity index (χ0v) is 21.0. The van der Waals surface area contributed by atoms with E-state index in [4.69, 9.17) is 16.3 Å². The summed E-state index contributed by atoms with van der Waals surface area (Å²) < 4.78 is 30.9. The predicted molar refractivity (Wildman–Crippen MR) is 130 cm³/mol. The van der Waals surface area contributed by atoms with Gasteiger partial charge >= 0.3 is 0 Å². The van der Waals surface area contributed by atoms with Crippen molar-refractivity contribution in [2.24, 2.45) is 11.8 Å². The van der Waals surface area contributed by atoms with Crippen LogP contribution < -0.4 is 10.1 Å². The topological polar surface area (TPSA) is 97.3 Å². The van der Waals surface area contributed by atoms with Crippen LogP contribution in [0.25, 0.3) is 11.1 Å². The van der Waals surface area contributed by atoms with Gasteiger partial charge in [-0.25, -0.2) is 18.7 Å². The van der Waals surface area contributed by atoms with Gasteiger partial charge in [-0.2, -0.15) is 0 Å². The number of halogens is 3. The van der Waals surface area contributed by atoms with Crippen molar-refractivity contribution in [3.05, 3.63) is 51.5 Å². The average molecular weight is 534 g/mol. The van der Waals surface area contributed by atoms with Crippen molar-refractivity contribution >= 4 is 39.9 Å². The summed E-state index contributed by atoms with van der Waals surface area (Å²) in [5.74, 6) is -1.07. The fourth-order valence-electron chi connectivity index (χ4n) is 4.50. The number of aromatic nitrogens is 3. The second-order valence-corrected chi connectivity index (χ2v) is 10.3. The third-order valence-corrected chi connectivity index (χ3v) is 7.70. The van der Waals surface area contributed by atoms with Gasteiger partial charge in [-0.05, 0) is 31.9 Å². The Kier molecular flexibility index (Phi) is 6.60. The smallest absolute Gasteiger partial charge is 0.259 e. The van der Waals surface area contributed by atoms with Crippen molar-refractivity contribution in [1.82, 2.24) is 19.9 Å². The minimum atomic E-state index is -2.37. The first kappa shape index (κ1) is 24.5. The molecule has 3 aromatic heterocycles. The van der Waals surface area contributed by atoms with Crippen LogP contribution in [0.4, 0.5) is 13.9 Å². The molecule has 1 N–H and O–H groups in total. The summed E-state index contributed by atoms with van der Waals surface area (Å²) in [6.45, 7) is 2.48. The van der Waals surface area contributed by atoms with Crippen LogP contribution in [0.5, 0.6) is 5.75 Å². The lowest BCUT2D eigenvalue weighted by molar-refractivity contribution is -0.143. The number of carbonyl (C=O) groups excluding carboxylic acids is 2. The lowest BCUT2D eigenvalue weighted by atomic mass is 9.74. The molecule has 2 aliphatic rings. The van der Waals surface area contributed by atoms with Crippen LogP contribution in [0.1, 0.15) is 39.5 Å². The highest BCUT2D eigenvalue weighted by molar-refractivity contribution is 7.16. The molecule has 0 aromatic carbocycles. The summed E-state index contributed by atoms with van der Waals surface area (Å²) in [5.41, 5.74) is 2.92. The quantitative estimate of drug-likeness (QED) is 0.450. The predicted octanol–water partition coefficient (Wildman–Crippen LogP) is 4.96. The minimum absolute atomic E-state index is 0.108. The van der Waals surface area contributed by atoms with Crippen LogP contribution in [0, 0.1) is 18.8 Å². The summed E-state index contributed by atoms with van der Waals surface area (Å²) >= 11 is 7.39. The molecule has 1 aliphatic carbocycles. The first-order chi connectivity index (χ1) is 17.2. The number of ether oxygens (including phenoxy) is 1. The number of amides is 2. The van der Waals surface area contributed by atoms with Crippen LogP contribution in [0.2, 0.25) is 5.15 Å². The number of aryl methyl sites for hydroxylation is 1. The van der Waals surface area contributed by atoms with Crippen LogP contribution in [0.3, 0.4) is 0 Å². The van der Waals surface area contributed by atoms with Gasteiger partial charge in [0.1, 0.15) is 10.9 Å². The highest BCUT2D eigenvalue weighted by atomic mass is 35.5. The van der Waals surface area contributed by atoms with E-state index in [1.54, 1.807) is 17.0 Å². The minimum Gasteiger partial charge on any atom is -0.494 e. The van der Waals surface area contributed by atoms with E-state index in [1.165, 1.54) is 30.8 Å². The molecule has 4 heterocycles. The van der Waals surface area contributed by atoms with E-state index in [1.807, 2.05) is 6.92 Å². The second-order valence-electron chi connectivity index (χ2n) is 8.88. The molecule has 5 rings (SSSR count). The van der Waals surface area contributed by atoms with Crippen LogP contribution >= 0.6 is 22.9 Å². The van der Waals surface area contributed by atoms with Gasteiger partial charge in [-0.3, -0.25) is 19.9 Å². The van der Waals surface area contributed by atoms with E-state index in [0.717, 1.165) is 4.88 Å². The monoisotopic (exact) mass is 533 g/mol. The van der Waals surface area contributed by atoms with Gasteiger partial charge in [-0.1, -0.05) is 22.9 Å². The summed E-state index contributed by atoms with van der Waals surface area (Å²) in [4.78, 5) is 41.2. The Morgan fingerprint density at radius 1 is 1.19 bits per heavy atom. The number of carbonyl (C=O) groups is 2. The number of methoxy groups -OCH3 is 1. The van der Waals surface area contributed by atoms with Gasteiger partial charge < -0.3 is 9.64 Å². The van der Waals surface area contributed by atoms with Gasteiger partial charge in [0.2, 0.25) is 12.3 Å². The normalized spacial score (nSPS) is 18.7. The van der Waals surface area contributed by atoms with Crippen LogP contribution in [-0.2, 0) is 17.9 Å². The number of nitrogens with one attached hydrogen (secondary N) is 1. The maximum Gasteiger partial charge on any atom is 0.259 e. The van der Waals surface area contributed by atoms with Gasteiger partial charge in [-0.15, -0.1) is 0 Å². The first-order valence-corrected chi connectivity index (χ1v) is 12.5. The molecule has 12 heteroatoms. The highest BCUT2D eigenvalue weighted by Gasteiger charge is 2.42. The van der Waals surface area contributed by atoms with E-state index in [-0.39, 0.29) is 29.8 Å². The average Bonchev–Trinajstić information content (AvgIpc) is 3.36. The van der Waals surface area contributed by atoms with Gasteiger partial charge in [0.05, 0.1) is 42.5 Å². The number of thiazole rings is 1. The largest absolute Gasteiger partial charge is 0.494 e. The molecule has 0 radical (unpaired) electrons. The number of pyridine rings is 2. The molecule has 0 unspecified atom stereocenters. The third-order valence-electron chi connectivity index (χ3n) is 6.50. The fourth-order valence-corrected chi connectivity index (χ4v) is 5.63. The van der Waals surface area contributed by atoms with Gasteiger partial charge in [0.25, 0.3) is 5.91 Å². The summed E-state index contributed by atoms with van der Waals surface area (Å²) in [7, 11) is 1.51. The lowest BCUT2D eigenvalue weighted by Gasteiger charge is -2.35. The second kappa shape index (κ2) is 9.70.